The van der Waals surface area contributed by atoms with E-state index in [0.29, 0.717) is 30.3 Å². The molecule has 0 atom stereocenters. The van der Waals surface area contributed by atoms with Gasteiger partial charge in [-0.15, -0.1) is 0 Å². The molecule has 2 aromatic rings. The van der Waals surface area contributed by atoms with Crippen molar-refractivity contribution in [2.75, 3.05) is 13.2 Å². The zero-order chi connectivity index (χ0) is 14.8. The Bertz CT molecular complexity index is 694. The van der Waals surface area contributed by atoms with Crippen LogP contribution in [0.1, 0.15) is 21.5 Å². The first-order valence-corrected chi connectivity index (χ1v) is 6.82. The molecule has 0 radical (unpaired) electrons. The van der Waals surface area contributed by atoms with Gasteiger partial charge >= 0.3 is 0 Å². The van der Waals surface area contributed by atoms with Crippen molar-refractivity contribution in [1.29, 1.82) is 0 Å². The van der Waals surface area contributed by atoms with E-state index >= 15 is 0 Å². The molecule has 2 aromatic carbocycles. The number of ketones is 1. The Morgan fingerprint density at radius 3 is 2.81 bits per heavy atom. The molecule has 0 N–H and O–H groups in total. The van der Waals surface area contributed by atoms with E-state index in [2.05, 4.69) is 0 Å². The first kappa shape index (κ1) is 13.6. The van der Waals surface area contributed by atoms with Crippen LogP contribution in [0.15, 0.2) is 36.4 Å². The van der Waals surface area contributed by atoms with Crippen molar-refractivity contribution in [1.82, 2.24) is 0 Å². The molecule has 0 aromatic heterocycles. The molecule has 3 nitrogen and oxygen atoms in total. The van der Waals surface area contributed by atoms with Gasteiger partial charge in [0, 0.05) is 6.42 Å². The Kier molecular flexibility index (Phi) is 3.60. The molecule has 0 unspecified atom stereocenters. The number of carbonyl (C=O) groups excluding carboxylic acids is 1. The van der Waals surface area contributed by atoms with Crippen LogP contribution in [0.2, 0.25) is 0 Å². The average molecular weight is 286 g/mol. The monoisotopic (exact) mass is 286 g/mol. The Balaban J connectivity index is 1.89. The van der Waals surface area contributed by atoms with Crippen molar-refractivity contribution >= 4 is 5.78 Å². The molecule has 0 bridgehead atoms. The van der Waals surface area contributed by atoms with Crippen molar-refractivity contribution in [2.45, 2.75) is 13.3 Å². The summed E-state index contributed by atoms with van der Waals surface area (Å²) in [6, 6.07) is 9.75. The lowest BCUT2D eigenvalue weighted by Gasteiger charge is -2.20. The Morgan fingerprint density at radius 2 is 2.00 bits per heavy atom. The number of carbonyl (C=O) groups is 1. The van der Waals surface area contributed by atoms with Gasteiger partial charge in [-0.3, -0.25) is 4.79 Å². The van der Waals surface area contributed by atoms with E-state index in [0.717, 1.165) is 11.1 Å². The summed E-state index contributed by atoms with van der Waals surface area (Å²) < 4.78 is 24.1. The zero-order valence-electron chi connectivity index (χ0n) is 11.7. The van der Waals surface area contributed by atoms with Gasteiger partial charge in [0.2, 0.25) is 0 Å². The minimum atomic E-state index is -0.294. The first-order chi connectivity index (χ1) is 10.1. The van der Waals surface area contributed by atoms with Crippen LogP contribution in [0.4, 0.5) is 4.39 Å². The standard InChI is InChI=1S/C17H15FO3/c1-11-9-13(18)6-5-12(11)10-15(19)14-3-2-4-16-17(14)21-8-7-20-16/h2-6,9H,7-8,10H2,1H3. The van der Waals surface area contributed by atoms with Crippen molar-refractivity contribution in [3.8, 4) is 11.5 Å². The maximum absolute atomic E-state index is 13.1. The fraction of sp³-hybridized carbons (Fsp3) is 0.235. The Labute approximate surface area is 122 Å². The number of halogens is 1. The van der Waals surface area contributed by atoms with Gasteiger partial charge in [0.15, 0.2) is 17.3 Å². The molecule has 0 spiro atoms. The van der Waals surface area contributed by atoms with Gasteiger partial charge in [0.1, 0.15) is 19.0 Å². The minimum Gasteiger partial charge on any atom is -0.486 e. The summed E-state index contributed by atoms with van der Waals surface area (Å²) in [4.78, 5) is 12.5. The predicted molar refractivity (Wildman–Crippen MR) is 76.6 cm³/mol. The predicted octanol–water partition coefficient (Wildman–Crippen LogP) is 3.33. The number of ether oxygens (including phenoxy) is 2. The molecule has 21 heavy (non-hydrogen) atoms. The number of hydrogen-bond donors (Lipinski definition) is 0. The summed E-state index contributed by atoms with van der Waals surface area (Å²) in [7, 11) is 0. The van der Waals surface area contributed by atoms with Crippen molar-refractivity contribution in [2.24, 2.45) is 0 Å². The highest BCUT2D eigenvalue weighted by molar-refractivity contribution is 6.00. The van der Waals surface area contributed by atoms with E-state index in [-0.39, 0.29) is 18.0 Å². The third kappa shape index (κ3) is 2.75. The second kappa shape index (κ2) is 5.56. The molecular formula is C17H15FO3. The smallest absolute Gasteiger partial charge is 0.172 e. The fourth-order valence-corrected chi connectivity index (χ4v) is 2.42. The molecule has 108 valence electrons. The van der Waals surface area contributed by atoms with E-state index in [1.807, 2.05) is 0 Å². The molecule has 4 heteroatoms. The van der Waals surface area contributed by atoms with Gasteiger partial charge in [-0.2, -0.15) is 0 Å². The number of aryl methyl sites for hydroxylation is 1. The quantitative estimate of drug-likeness (QED) is 0.812. The molecule has 0 amide bonds. The minimum absolute atomic E-state index is 0.0629. The van der Waals surface area contributed by atoms with Crippen LogP contribution in [-0.4, -0.2) is 19.0 Å². The maximum Gasteiger partial charge on any atom is 0.172 e. The van der Waals surface area contributed by atoms with Crippen LogP contribution >= 0.6 is 0 Å². The lowest BCUT2D eigenvalue weighted by molar-refractivity contribution is 0.0981. The van der Waals surface area contributed by atoms with Crippen LogP contribution in [0, 0.1) is 12.7 Å². The fourth-order valence-electron chi connectivity index (χ4n) is 2.42. The number of rotatable bonds is 3. The molecule has 1 heterocycles. The number of fused-ring (bicyclic) bond motifs is 1. The van der Waals surface area contributed by atoms with Crippen LogP contribution in [-0.2, 0) is 6.42 Å². The molecule has 0 fully saturated rings. The lowest BCUT2D eigenvalue weighted by Crippen LogP contribution is -2.18. The van der Waals surface area contributed by atoms with Crippen molar-refractivity contribution < 1.29 is 18.7 Å². The number of benzene rings is 2. The van der Waals surface area contributed by atoms with Gasteiger partial charge < -0.3 is 9.47 Å². The molecule has 1 aliphatic heterocycles. The number of para-hydroxylation sites is 1. The molecule has 0 saturated carbocycles. The number of Topliss-reactive ketones (excluding diaryl/α,β-unsaturated/α-hetero) is 1. The molecule has 3 rings (SSSR count). The highest BCUT2D eigenvalue weighted by Crippen LogP contribution is 2.34. The summed E-state index contributed by atoms with van der Waals surface area (Å²) >= 11 is 0. The van der Waals surface area contributed by atoms with Gasteiger partial charge in [-0.05, 0) is 42.3 Å². The van der Waals surface area contributed by atoms with Gasteiger partial charge in [-0.1, -0.05) is 12.1 Å². The van der Waals surface area contributed by atoms with Gasteiger partial charge in [-0.25, -0.2) is 4.39 Å². The maximum atomic E-state index is 13.1. The van der Waals surface area contributed by atoms with Gasteiger partial charge in [0.05, 0.1) is 5.56 Å². The second-order valence-corrected chi connectivity index (χ2v) is 5.00. The Morgan fingerprint density at radius 1 is 1.19 bits per heavy atom. The normalized spacial score (nSPS) is 13.0. The second-order valence-electron chi connectivity index (χ2n) is 5.00. The third-order valence-corrected chi connectivity index (χ3v) is 3.52. The highest BCUT2D eigenvalue weighted by atomic mass is 19.1. The van der Waals surface area contributed by atoms with E-state index in [1.54, 1.807) is 31.2 Å². The third-order valence-electron chi connectivity index (χ3n) is 3.52. The summed E-state index contributed by atoms with van der Waals surface area (Å²) in [6.45, 7) is 2.72. The molecule has 0 aliphatic carbocycles. The molecule has 1 aliphatic rings. The first-order valence-electron chi connectivity index (χ1n) is 6.82. The summed E-state index contributed by atoms with van der Waals surface area (Å²) in [5.41, 5.74) is 2.09. The molecular weight excluding hydrogens is 271 g/mol. The summed E-state index contributed by atoms with van der Waals surface area (Å²) in [5.74, 6) is 0.751. The number of hydrogen-bond acceptors (Lipinski definition) is 3. The Hall–Kier alpha value is -2.36. The van der Waals surface area contributed by atoms with Gasteiger partial charge in [0.25, 0.3) is 0 Å². The highest BCUT2D eigenvalue weighted by Gasteiger charge is 2.20. The SMILES string of the molecule is Cc1cc(F)ccc1CC(=O)c1cccc2c1OCCO2. The summed E-state index contributed by atoms with van der Waals surface area (Å²) in [6.07, 6.45) is 0.214. The van der Waals surface area contributed by atoms with Crippen molar-refractivity contribution in [3.05, 3.63) is 58.9 Å². The van der Waals surface area contributed by atoms with Crippen LogP contribution < -0.4 is 9.47 Å². The average Bonchev–Trinajstić information content (AvgIpc) is 2.49. The van der Waals surface area contributed by atoms with E-state index in [4.69, 9.17) is 9.47 Å². The summed E-state index contributed by atoms with van der Waals surface area (Å²) in [5, 5.41) is 0. The van der Waals surface area contributed by atoms with Crippen molar-refractivity contribution in [3.63, 3.8) is 0 Å². The van der Waals surface area contributed by atoms with Crippen LogP contribution in [0.3, 0.4) is 0 Å². The zero-order valence-corrected chi connectivity index (χ0v) is 11.7. The molecule has 0 saturated heterocycles. The lowest BCUT2D eigenvalue weighted by atomic mass is 9.98. The van der Waals surface area contributed by atoms with Crippen LogP contribution in [0.25, 0.3) is 0 Å². The van der Waals surface area contributed by atoms with E-state index in [9.17, 15) is 9.18 Å². The largest absolute Gasteiger partial charge is 0.486 e. The van der Waals surface area contributed by atoms with E-state index in [1.165, 1.54) is 12.1 Å². The topological polar surface area (TPSA) is 35.5 Å². The van der Waals surface area contributed by atoms with Crippen LogP contribution in [0.5, 0.6) is 11.5 Å². The van der Waals surface area contributed by atoms with E-state index < -0.39 is 0 Å².